The Hall–Kier alpha value is -2.84. The van der Waals surface area contributed by atoms with Crippen LogP contribution in [0.15, 0.2) is 59.6 Å². The van der Waals surface area contributed by atoms with Gasteiger partial charge in [-0.25, -0.2) is 13.9 Å². The van der Waals surface area contributed by atoms with Gasteiger partial charge in [-0.1, -0.05) is 12.1 Å². The number of carbonyl (C=O) groups excluding carboxylic acids is 1. The molecule has 150 valence electrons. The first-order chi connectivity index (χ1) is 14.2. The Morgan fingerprint density at radius 2 is 1.93 bits per heavy atom. The first-order valence-electron chi connectivity index (χ1n) is 9.46. The van der Waals surface area contributed by atoms with Crippen molar-refractivity contribution in [3.05, 3.63) is 71.8 Å². The summed E-state index contributed by atoms with van der Waals surface area (Å²) in [5.74, 6) is -0.284. The molecule has 8 heteroatoms. The molecule has 0 saturated heterocycles. The number of nitrogens with one attached hydrogen (secondary N) is 2. The quantitative estimate of drug-likeness (QED) is 0.625. The fraction of sp³-hybridized carbons (Fsp3) is 0.238. The third-order valence-electron chi connectivity index (χ3n) is 4.84. The molecule has 0 fully saturated rings. The average Bonchev–Trinajstić information content (AvgIpc) is 3.18. The van der Waals surface area contributed by atoms with E-state index in [9.17, 15) is 9.18 Å². The van der Waals surface area contributed by atoms with Crippen molar-refractivity contribution in [2.75, 3.05) is 18.5 Å². The molecular weight excluding hydrogens is 389 g/mol. The Kier molecular flexibility index (Phi) is 5.82. The lowest BCUT2D eigenvalue weighted by atomic mass is 10.1. The standard InChI is InChI=1S/C21H22FN5OS/c1-23-29-18-10-4-15(5-11-18)13-24-21(28)26-12-2-3-19-20(26)14-25-27(19)17-8-6-16(22)7-9-17/h4-11,14,23H,2-3,12-13H2,1H3,(H,24,28). The summed E-state index contributed by atoms with van der Waals surface area (Å²) in [7, 11) is 1.88. The van der Waals surface area contributed by atoms with Crippen LogP contribution in [0.4, 0.5) is 14.9 Å². The van der Waals surface area contributed by atoms with Gasteiger partial charge in [0.2, 0.25) is 0 Å². The molecule has 0 bridgehead atoms. The number of rotatable bonds is 5. The zero-order chi connectivity index (χ0) is 20.2. The van der Waals surface area contributed by atoms with Gasteiger partial charge in [-0.2, -0.15) is 5.10 Å². The van der Waals surface area contributed by atoms with Gasteiger partial charge in [0, 0.05) is 18.0 Å². The Morgan fingerprint density at radius 1 is 1.17 bits per heavy atom. The summed E-state index contributed by atoms with van der Waals surface area (Å²) in [6.07, 6.45) is 3.38. The third kappa shape index (κ3) is 4.28. The molecule has 29 heavy (non-hydrogen) atoms. The van der Waals surface area contributed by atoms with Crippen molar-refractivity contribution < 1.29 is 9.18 Å². The number of fused-ring (bicyclic) bond motifs is 1. The van der Waals surface area contributed by atoms with Crippen LogP contribution in [0.1, 0.15) is 17.7 Å². The largest absolute Gasteiger partial charge is 0.334 e. The van der Waals surface area contributed by atoms with Crippen LogP contribution in [0.2, 0.25) is 0 Å². The Morgan fingerprint density at radius 3 is 2.66 bits per heavy atom. The third-order valence-corrected chi connectivity index (χ3v) is 5.55. The maximum absolute atomic E-state index is 13.2. The minimum Gasteiger partial charge on any atom is -0.334 e. The lowest BCUT2D eigenvalue weighted by Gasteiger charge is -2.27. The summed E-state index contributed by atoms with van der Waals surface area (Å²) in [6.45, 7) is 1.10. The van der Waals surface area contributed by atoms with E-state index in [1.54, 1.807) is 39.9 Å². The molecular formula is C21H22FN5OS. The summed E-state index contributed by atoms with van der Waals surface area (Å²) in [5.41, 5.74) is 3.60. The highest BCUT2D eigenvalue weighted by atomic mass is 32.2. The van der Waals surface area contributed by atoms with Crippen LogP contribution in [0.5, 0.6) is 0 Å². The normalized spacial score (nSPS) is 13.2. The molecule has 0 unspecified atom stereocenters. The molecule has 3 aromatic rings. The summed E-state index contributed by atoms with van der Waals surface area (Å²) >= 11 is 1.55. The van der Waals surface area contributed by atoms with Crippen molar-refractivity contribution in [2.45, 2.75) is 24.3 Å². The van der Waals surface area contributed by atoms with Crippen molar-refractivity contribution in [1.29, 1.82) is 0 Å². The second-order valence-electron chi connectivity index (χ2n) is 6.73. The van der Waals surface area contributed by atoms with E-state index in [4.69, 9.17) is 0 Å². The predicted octanol–water partition coefficient (Wildman–Crippen LogP) is 3.90. The van der Waals surface area contributed by atoms with E-state index in [0.717, 1.165) is 40.4 Å². The molecule has 0 saturated carbocycles. The first kappa shape index (κ1) is 19.5. The summed E-state index contributed by atoms with van der Waals surface area (Å²) in [4.78, 5) is 15.7. The highest BCUT2D eigenvalue weighted by molar-refractivity contribution is 7.97. The van der Waals surface area contributed by atoms with Crippen molar-refractivity contribution in [3.8, 4) is 5.69 Å². The molecule has 1 aliphatic heterocycles. The highest BCUT2D eigenvalue weighted by Gasteiger charge is 2.26. The van der Waals surface area contributed by atoms with Gasteiger partial charge in [0.1, 0.15) is 5.82 Å². The van der Waals surface area contributed by atoms with Gasteiger partial charge in [-0.3, -0.25) is 9.62 Å². The minimum absolute atomic E-state index is 0.140. The maximum Gasteiger partial charge on any atom is 0.322 e. The molecule has 1 aliphatic rings. The van der Waals surface area contributed by atoms with Crippen LogP contribution in [0.3, 0.4) is 0 Å². The summed E-state index contributed by atoms with van der Waals surface area (Å²) < 4.78 is 18.0. The number of anilines is 1. The molecule has 0 radical (unpaired) electrons. The van der Waals surface area contributed by atoms with Crippen LogP contribution in [-0.2, 0) is 13.0 Å². The monoisotopic (exact) mass is 411 g/mol. The SMILES string of the molecule is CNSc1ccc(CNC(=O)N2CCCc3c2cnn3-c2ccc(F)cc2)cc1. The number of carbonyl (C=O) groups is 1. The highest BCUT2D eigenvalue weighted by Crippen LogP contribution is 2.29. The van der Waals surface area contributed by atoms with Gasteiger partial charge >= 0.3 is 6.03 Å². The topological polar surface area (TPSA) is 62.2 Å². The van der Waals surface area contributed by atoms with E-state index >= 15 is 0 Å². The minimum atomic E-state index is -0.284. The lowest BCUT2D eigenvalue weighted by Crippen LogP contribution is -2.42. The molecule has 0 spiro atoms. The van der Waals surface area contributed by atoms with Crippen molar-refractivity contribution >= 4 is 23.7 Å². The first-order valence-corrected chi connectivity index (χ1v) is 10.3. The smallest absolute Gasteiger partial charge is 0.322 e. The van der Waals surface area contributed by atoms with Gasteiger partial charge in [0.05, 0.1) is 23.3 Å². The van der Waals surface area contributed by atoms with Gasteiger partial charge < -0.3 is 5.32 Å². The second kappa shape index (κ2) is 8.67. The Bertz CT molecular complexity index is 987. The van der Waals surface area contributed by atoms with Crippen LogP contribution in [-0.4, -0.2) is 29.4 Å². The van der Waals surface area contributed by atoms with E-state index in [1.807, 2.05) is 31.3 Å². The van der Waals surface area contributed by atoms with Gasteiger partial charge in [0.15, 0.2) is 0 Å². The molecule has 1 aromatic heterocycles. The van der Waals surface area contributed by atoms with E-state index in [2.05, 4.69) is 15.1 Å². The van der Waals surface area contributed by atoms with Crippen LogP contribution in [0, 0.1) is 5.82 Å². The van der Waals surface area contributed by atoms with Gasteiger partial charge in [-0.15, -0.1) is 0 Å². The van der Waals surface area contributed by atoms with Gasteiger partial charge in [0.25, 0.3) is 0 Å². The number of halogens is 1. The number of nitrogens with zero attached hydrogens (tertiary/aromatic N) is 3. The fourth-order valence-electron chi connectivity index (χ4n) is 3.43. The number of hydrogen-bond acceptors (Lipinski definition) is 4. The zero-order valence-corrected chi connectivity index (χ0v) is 16.9. The average molecular weight is 412 g/mol. The number of benzene rings is 2. The zero-order valence-electron chi connectivity index (χ0n) is 16.1. The predicted molar refractivity (Wildman–Crippen MR) is 113 cm³/mol. The maximum atomic E-state index is 13.2. The lowest BCUT2D eigenvalue weighted by molar-refractivity contribution is 0.245. The van der Waals surface area contributed by atoms with Crippen molar-refractivity contribution in [2.24, 2.45) is 0 Å². The van der Waals surface area contributed by atoms with E-state index < -0.39 is 0 Å². The van der Waals surface area contributed by atoms with Crippen LogP contribution < -0.4 is 14.9 Å². The molecule has 2 amide bonds. The number of aromatic nitrogens is 2. The Labute approximate surface area is 173 Å². The van der Waals surface area contributed by atoms with Crippen molar-refractivity contribution in [3.63, 3.8) is 0 Å². The molecule has 6 nitrogen and oxygen atoms in total. The molecule has 0 atom stereocenters. The van der Waals surface area contributed by atoms with Crippen LogP contribution >= 0.6 is 11.9 Å². The number of amides is 2. The Balaban J connectivity index is 1.46. The molecule has 4 rings (SSSR count). The van der Waals surface area contributed by atoms with E-state index in [1.165, 1.54) is 12.1 Å². The fourth-order valence-corrected chi connectivity index (χ4v) is 3.94. The molecule has 2 aromatic carbocycles. The molecule has 0 aliphatic carbocycles. The molecule has 2 N–H and O–H groups in total. The van der Waals surface area contributed by atoms with E-state index in [0.29, 0.717) is 13.1 Å². The number of hydrogen-bond donors (Lipinski definition) is 2. The second-order valence-corrected chi connectivity index (χ2v) is 7.81. The van der Waals surface area contributed by atoms with Crippen LogP contribution in [0.25, 0.3) is 5.69 Å². The number of urea groups is 1. The van der Waals surface area contributed by atoms with Gasteiger partial charge in [-0.05, 0) is 73.8 Å². The molecule has 2 heterocycles. The van der Waals surface area contributed by atoms with Crippen molar-refractivity contribution in [1.82, 2.24) is 19.8 Å². The summed E-state index contributed by atoms with van der Waals surface area (Å²) in [5, 5.41) is 7.44. The summed E-state index contributed by atoms with van der Waals surface area (Å²) in [6, 6.07) is 14.1. The van der Waals surface area contributed by atoms with E-state index in [-0.39, 0.29) is 11.8 Å².